The van der Waals surface area contributed by atoms with Gasteiger partial charge in [0, 0.05) is 12.2 Å². The number of rotatable bonds is 1. The molecule has 0 aromatic heterocycles. The van der Waals surface area contributed by atoms with E-state index in [4.69, 9.17) is 0 Å². The van der Waals surface area contributed by atoms with Gasteiger partial charge in [0.15, 0.2) is 0 Å². The molecule has 2 aromatic rings. The number of anilines is 1. The maximum absolute atomic E-state index is 3.44. The van der Waals surface area contributed by atoms with Crippen molar-refractivity contribution >= 4 is 5.69 Å². The van der Waals surface area contributed by atoms with Crippen LogP contribution in [0, 0.1) is 13.8 Å². The summed E-state index contributed by atoms with van der Waals surface area (Å²) in [6.45, 7) is 5.38. The largest absolute Gasteiger partial charge is 0.384 e. The Kier molecular flexibility index (Phi) is 2.40. The predicted octanol–water partition coefficient (Wildman–Crippen LogP) is 3.94. The van der Waals surface area contributed by atoms with Crippen LogP contribution in [0.2, 0.25) is 0 Å². The fourth-order valence-electron chi connectivity index (χ4n) is 2.61. The Balaban J connectivity index is 2.09. The monoisotopic (exact) mass is 223 g/mol. The van der Waals surface area contributed by atoms with E-state index in [1.165, 1.54) is 33.5 Å². The van der Waals surface area contributed by atoms with E-state index in [1.807, 2.05) is 0 Å². The van der Waals surface area contributed by atoms with Crippen molar-refractivity contribution in [3.8, 4) is 11.1 Å². The standard InChI is InChI=1S/C16H17N/c1-11-7-12(2)9-15(8-11)14-4-3-13-5-6-17-16(13)10-14/h3-4,7-10,17H,5-6H2,1-2H3. The molecule has 0 radical (unpaired) electrons. The lowest BCUT2D eigenvalue weighted by Gasteiger charge is -2.07. The summed E-state index contributed by atoms with van der Waals surface area (Å²) in [5.74, 6) is 0. The maximum Gasteiger partial charge on any atom is 0.0379 e. The molecule has 0 saturated heterocycles. The normalized spacial score (nSPS) is 13.3. The SMILES string of the molecule is Cc1cc(C)cc(-c2ccc3c(c2)NCC3)c1. The van der Waals surface area contributed by atoms with Gasteiger partial charge in [0.05, 0.1) is 0 Å². The number of fused-ring (bicyclic) bond motifs is 1. The minimum atomic E-state index is 1.08. The van der Waals surface area contributed by atoms with Gasteiger partial charge in [-0.2, -0.15) is 0 Å². The molecule has 0 spiro atoms. The van der Waals surface area contributed by atoms with Crippen molar-refractivity contribution in [2.45, 2.75) is 20.3 Å². The molecule has 1 N–H and O–H groups in total. The van der Waals surface area contributed by atoms with E-state index in [9.17, 15) is 0 Å². The van der Waals surface area contributed by atoms with Crippen LogP contribution >= 0.6 is 0 Å². The molecule has 3 rings (SSSR count). The van der Waals surface area contributed by atoms with Gasteiger partial charge in [-0.3, -0.25) is 0 Å². The molecule has 1 heterocycles. The molecule has 1 nitrogen and oxygen atoms in total. The molecular weight excluding hydrogens is 206 g/mol. The summed E-state index contributed by atoms with van der Waals surface area (Å²) in [6.07, 6.45) is 1.16. The molecule has 0 aliphatic carbocycles. The van der Waals surface area contributed by atoms with Gasteiger partial charge in [-0.05, 0) is 43.0 Å². The van der Waals surface area contributed by atoms with Crippen LogP contribution in [0.15, 0.2) is 36.4 Å². The third-order valence-electron chi connectivity index (χ3n) is 3.37. The first-order chi connectivity index (χ1) is 8.22. The summed E-state index contributed by atoms with van der Waals surface area (Å²) in [5, 5.41) is 3.44. The lowest BCUT2D eigenvalue weighted by atomic mass is 9.99. The Bertz CT molecular complexity index is 549. The van der Waals surface area contributed by atoms with Crippen molar-refractivity contribution in [1.29, 1.82) is 0 Å². The molecule has 0 unspecified atom stereocenters. The van der Waals surface area contributed by atoms with Gasteiger partial charge in [0.1, 0.15) is 0 Å². The van der Waals surface area contributed by atoms with Gasteiger partial charge in [0.2, 0.25) is 0 Å². The molecule has 86 valence electrons. The molecule has 0 atom stereocenters. The van der Waals surface area contributed by atoms with Crippen molar-refractivity contribution in [1.82, 2.24) is 0 Å². The van der Waals surface area contributed by atoms with E-state index in [0.717, 1.165) is 13.0 Å². The molecule has 0 fully saturated rings. The van der Waals surface area contributed by atoms with Crippen LogP contribution in [0.5, 0.6) is 0 Å². The zero-order valence-corrected chi connectivity index (χ0v) is 10.4. The van der Waals surface area contributed by atoms with Gasteiger partial charge in [-0.25, -0.2) is 0 Å². The van der Waals surface area contributed by atoms with Crippen molar-refractivity contribution in [3.05, 3.63) is 53.1 Å². The minimum Gasteiger partial charge on any atom is -0.384 e. The first-order valence-electron chi connectivity index (χ1n) is 6.18. The quantitative estimate of drug-likeness (QED) is 0.772. The van der Waals surface area contributed by atoms with Crippen LogP contribution in [-0.2, 0) is 6.42 Å². The van der Waals surface area contributed by atoms with E-state index in [1.54, 1.807) is 0 Å². The topological polar surface area (TPSA) is 12.0 Å². The van der Waals surface area contributed by atoms with Crippen molar-refractivity contribution in [3.63, 3.8) is 0 Å². The summed E-state index contributed by atoms with van der Waals surface area (Å²) < 4.78 is 0. The second-order valence-corrected chi connectivity index (χ2v) is 4.93. The van der Waals surface area contributed by atoms with Gasteiger partial charge >= 0.3 is 0 Å². The van der Waals surface area contributed by atoms with Gasteiger partial charge in [-0.1, -0.05) is 41.5 Å². The Labute approximate surface area is 102 Å². The fraction of sp³-hybridized carbons (Fsp3) is 0.250. The molecule has 2 aromatic carbocycles. The van der Waals surface area contributed by atoms with Gasteiger partial charge < -0.3 is 5.32 Å². The van der Waals surface area contributed by atoms with Gasteiger partial charge in [-0.15, -0.1) is 0 Å². The third-order valence-corrected chi connectivity index (χ3v) is 3.37. The first kappa shape index (κ1) is 10.4. The average Bonchev–Trinajstić information content (AvgIpc) is 2.74. The van der Waals surface area contributed by atoms with Crippen molar-refractivity contribution in [2.75, 3.05) is 11.9 Å². The number of nitrogens with one attached hydrogen (secondary N) is 1. The highest BCUT2D eigenvalue weighted by Gasteiger charge is 2.10. The van der Waals surface area contributed by atoms with E-state index in [0.29, 0.717) is 0 Å². The van der Waals surface area contributed by atoms with Crippen LogP contribution in [0.3, 0.4) is 0 Å². The maximum atomic E-state index is 3.44. The lowest BCUT2D eigenvalue weighted by molar-refractivity contribution is 1.11. The first-order valence-corrected chi connectivity index (χ1v) is 6.18. The number of aryl methyl sites for hydroxylation is 2. The molecular formula is C16H17N. The predicted molar refractivity (Wildman–Crippen MR) is 73.5 cm³/mol. The molecule has 0 amide bonds. The summed E-state index contributed by atoms with van der Waals surface area (Å²) in [4.78, 5) is 0. The molecule has 17 heavy (non-hydrogen) atoms. The van der Waals surface area contributed by atoms with Crippen LogP contribution in [0.25, 0.3) is 11.1 Å². The number of benzene rings is 2. The summed E-state index contributed by atoms with van der Waals surface area (Å²) in [7, 11) is 0. The average molecular weight is 223 g/mol. The number of hydrogen-bond acceptors (Lipinski definition) is 1. The summed E-state index contributed by atoms with van der Waals surface area (Å²) in [6, 6.07) is 13.5. The Morgan fingerprint density at radius 1 is 0.882 bits per heavy atom. The van der Waals surface area contributed by atoms with Crippen molar-refractivity contribution < 1.29 is 0 Å². The van der Waals surface area contributed by atoms with E-state index in [-0.39, 0.29) is 0 Å². The molecule has 1 aliphatic rings. The van der Waals surface area contributed by atoms with Crippen LogP contribution in [-0.4, -0.2) is 6.54 Å². The molecule has 0 saturated carbocycles. The second kappa shape index (κ2) is 3.92. The smallest absolute Gasteiger partial charge is 0.0379 e. The molecule has 1 heteroatoms. The third kappa shape index (κ3) is 1.93. The summed E-state index contributed by atoms with van der Waals surface area (Å²) in [5.41, 5.74) is 8.03. The Morgan fingerprint density at radius 2 is 1.65 bits per heavy atom. The fourth-order valence-corrected chi connectivity index (χ4v) is 2.61. The summed E-state index contributed by atoms with van der Waals surface area (Å²) >= 11 is 0. The Morgan fingerprint density at radius 3 is 2.41 bits per heavy atom. The van der Waals surface area contributed by atoms with Crippen LogP contribution in [0.1, 0.15) is 16.7 Å². The van der Waals surface area contributed by atoms with Gasteiger partial charge in [0.25, 0.3) is 0 Å². The van der Waals surface area contributed by atoms with Crippen molar-refractivity contribution in [2.24, 2.45) is 0 Å². The highest BCUT2D eigenvalue weighted by molar-refractivity contribution is 5.72. The lowest BCUT2D eigenvalue weighted by Crippen LogP contribution is -1.91. The van der Waals surface area contributed by atoms with E-state index < -0.39 is 0 Å². The Hall–Kier alpha value is -1.76. The van der Waals surface area contributed by atoms with E-state index >= 15 is 0 Å². The van der Waals surface area contributed by atoms with Crippen LogP contribution < -0.4 is 5.32 Å². The number of hydrogen-bond donors (Lipinski definition) is 1. The van der Waals surface area contributed by atoms with Crippen LogP contribution in [0.4, 0.5) is 5.69 Å². The molecule has 1 aliphatic heterocycles. The zero-order valence-electron chi connectivity index (χ0n) is 10.4. The minimum absolute atomic E-state index is 1.08. The highest BCUT2D eigenvalue weighted by Crippen LogP contribution is 2.29. The molecule has 0 bridgehead atoms. The highest BCUT2D eigenvalue weighted by atomic mass is 14.9. The second-order valence-electron chi connectivity index (χ2n) is 4.93. The van der Waals surface area contributed by atoms with E-state index in [2.05, 4.69) is 55.6 Å². The zero-order chi connectivity index (χ0) is 11.8.